The van der Waals surface area contributed by atoms with Gasteiger partial charge < -0.3 is 10.1 Å². The second-order valence-electron chi connectivity index (χ2n) is 7.59. The number of amides is 1. The van der Waals surface area contributed by atoms with E-state index in [1.807, 2.05) is 0 Å². The number of carbonyl (C=O) groups is 1. The summed E-state index contributed by atoms with van der Waals surface area (Å²) in [5, 5.41) is 3.13. The van der Waals surface area contributed by atoms with Gasteiger partial charge in [-0.05, 0) is 58.0 Å². The van der Waals surface area contributed by atoms with E-state index in [1.165, 1.54) is 22.8 Å². The van der Waals surface area contributed by atoms with Crippen molar-refractivity contribution in [3.05, 3.63) is 69.5 Å². The van der Waals surface area contributed by atoms with Gasteiger partial charge in [0.15, 0.2) is 0 Å². The van der Waals surface area contributed by atoms with Crippen LogP contribution in [0.25, 0.3) is 16.6 Å². The summed E-state index contributed by atoms with van der Waals surface area (Å²) in [5.41, 5.74) is -0.490. The van der Waals surface area contributed by atoms with Gasteiger partial charge in [0.25, 0.3) is 5.56 Å². The van der Waals surface area contributed by atoms with Crippen LogP contribution in [0.1, 0.15) is 39.6 Å². The molecule has 8 heteroatoms. The van der Waals surface area contributed by atoms with Gasteiger partial charge >= 0.3 is 6.09 Å². The monoisotopic (exact) mass is 417 g/mol. The molecule has 0 spiro atoms. The van der Waals surface area contributed by atoms with Crippen LogP contribution in [0.3, 0.4) is 0 Å². The highest BCUT2D eigenvalue weighted by Gasteiger charge is 2.23. The second kappa shape index (κ2) is 7.83. The number of nitrogens with zero attached hydrogens (tertiary/aromatic N) is 2. The summed E-state index contributed by atoms with van der Waals surface area (Å²) < 4.78 is 20.4. The summed E-state index contributed by atoms with van der Waals surface area (Å²) in [4.78, 5) is 30.0. The zero-order valence-corrected chi connectivity index (χ0v) is 17.2. The Morgan fingerprint density at radius 2 is 1.93 bits per heavy atom. The van der Waals surface area contributed by atoms with Crippen LogP contribution in [0.15, 0.2) is 47.3 Å². The van der Waals surface area contributed by atoms with Gasteiger partial charge in [-0.15, -0.1) is 0 Å². The lowest BCUT2D eigenvalue weighted by Gasteiger charge is -2.23. The SMILES string of the molecule is C[C@H](NC(=O)OC(C)(C)C)c1nc2cccc(Cl)c2c(=O)n1-c1cccc(F)c1. The molecule has 29 heavy (non-hydrogen) atoms. The number of rotatable bonds is 3. The second-order valence-corrected chi connectivity index (χ2v) is 8.00. The highest BCUT2D eigenvalue weighted by molar-refractivity contribution is 6.35. The first kappa shape index (κ1) is 20.8. The number of ether oxygens (including phenoxy) is 1. The number of aromatic nitrogens is 2. The zero-order valence-electron chi connectivity index (χ0n) is 16.5. The molecule has 1 aromatic heterocycles. The Hall–Kier alpha value is -2.93. The molecule has 1 N–H and O–H groups in total. The van der Waals surface area contributed by atoms with Crippen LogP contribution in [0.4, 0.5) is 9.18 Å². The third-order valence-corrected chi connectivity index (χ3v) is 4.37. The van der Waals surface area contributed by atoms with Crippen LogP contribution in [-0.4, -0.2) is 21.2 Å². The largest absolute Gasteiger partial charge is 0.444 e. The number of fused-ring (bicyclic) bond motifs is 1. The van der Waals surface area contributed by atoms with Gasteiger partial charge in [0.1, 0.15) is 17.2 Å². The molecule has 0 bridgehead atoms. The fraction of sp³-hybridized carbons (Fsp3) is 0.286. The molecule has 0 aliphatic carbocycles. The first-order valence-corrected chi connectivity index (χ1v) is 9.41. The Balaban J connectivity index is 2.18. The number of hydrogen-bond acceptors (Lipinski definition) is 4. The summed E-state index contributed by atoms with van der Waals surface area (Å²) in [7, 11) is 0. The Labute approximate surface area is 172 Å². The molecule has 3 aromatic rings. The van der Waals surface area contributed by atoms with E-state index in [1.54, 1.807) is 52.0 Å². The van der Waals surface area contributed by atoms with Gasteiger partial charge in [0, 0.05) is 0 Å². The third-order valence-electron chi connectivity index (χ3n) is 4.06. The summed E-state index contributed by atoms with van der Waals surface area (Å²) in [6, 6.07) is 9.78. The summed E-state index contributed by atoms with van der Waals surface area (Å²) in [6.07, 6.45) is -0.656. The van der Waals surface area contributed by atoms with Crippen LogP contribution in [0, 0.1) is 5.82 Å². The van der Waals surface area contributed by atoms with E-state index in [-0.39, 0.29) is 21.9 Å². The Kier molecular flexibility index (Phi) is 5.61. The smallest absolute Gasteiger partial charge is 0.408 e. The van der Waals surface area contributed by atoms with Crippen molar-refractivity contribution in [1.29, 1.82) is 0 Å². The lowest BCUT2D eigenvalue weighted by Crippen LogP contribution is -2.37. The quantitative estimate of drug-likeness (QED) is 0.666. The zero-order chi connectivity index (χ0) is 21.3. The van der Waals surface area contributed by atoms with Crippen molar-refractivity contribution in [1.82, 2.24) is 14.9 Å². The van der Waals surface area contributed by atoms with E-state index >= 15 is 0 Å². The van der Waals surface area contributed by atoms with Gasteiger partial charge in [0.2, 0.25) is 0 Å². The van der Waals surface area contributed by atoms with Gasteiger partial charge in [0.05, 0.1) is 27.7 Å². The van der Waals surface area contributed by atoms with Crippen molar-refractivity contribution < 1.29 is 13.9 Å². The molecule has 0 saturated heterocycles. The predicted molar refractivity (Wildman–Crippen MR) is 110 cm³/mol. The van der Waals surface area contributed by atoms with E-state index in [0.29, 0.717) is 5.52 Å². The lowest BCUT2D eigenvalue weighted by atomic mass is 10.2. The fourth-order valence-electron chi connectivity index (χ4n) is 2.91. The van der Waals surface area contributed by atoms with Crippen molar-refractivity contribution >= 4 is 28.6 Å². The highest BCUT2D eigenvalue weighted by atomic mass is 35.5. The predicted octanol–water partition coefficient (Wildman–Crippen LogP) is 4.76. The topological polar surface area (TPSA) is 73.2 Å². The van der Waals surface area contributed by atoms with Gasteiger partial charge in [-0.2, -0.15) is 0 Å². The molecule has 152 valence electrons. The molecule has 1 amide bonds. The maximum absolute atomic E-state index is 13.9. The minimum Gasteiger partial charge on any atom is -0.444 e. The summed E-state index contributed by atoms with van der Waals surface area (Å²) in [6.45, 7) is 6.90. The van der Waals surface area contributed by atoms with Gasteiger partial charge in [-0.25, -0.2) is 14.2 Å². The van der Waals surface area contributed by atoms with Crippen molar-refractivity contribution in [2.24, 2.45) is 0 Å². The number of nitrogens with one attached hydrogen (secondary N) is 1. The number of alkyl carbamates (subject to hydrolysis) is 1. The average Bonchev–Trinajstić information content (AvgIpc) is 2.59. The Bertz CT molecular complexity index is 1140. The maximum Gasteiger partial charge on any atom is 0.408 e. The van der Waals surface area contributed by atoms with Gasteiger partial charge in [-0.3, -0.25) is 9.36 Å². The van der Waals surface area contributed by atoms with Crippen LogP contribution >= 0.6 is 11.6 Å². The van der Waals surface area contributed by atoms with E-state index in [4.69, 9.17) is 16.3 Å². The normalized spacial score (nSPS) is 12.6. The summed E-state index contributed by atoms with van der Waals surface area (Å²) in [5.74, 6) is -0.284. The van der Waals surface area contributed by atoms with Crippen molar-refractivity contribution in [3.63, 3.8) is 0 Å². The Morgan fingerprint density at radius 3 is 2.59 bits per heavy atom. The molecule has 0 saturated carbocycles. The molecule has 1 atom stereocenters. The molecule has 1 heterocycles. The van der Waals surface area contributed by atoms with Crippen LogP contribution < -0.4 is 10.9 Å². The van der Waals surface area contributed by atoms with Crippen molar-refractivity contribution in [2.75, 3.05) is 0 Å². The lowest BCUT2D eigenvalue weighted by molar-refractivity contribution is 0.0505. The highest BCUT2D eigenvalue weighted by Crippen LogP contribution is 2.23. The van der Waals surface area contributed by atoms with Gasteiger partial charge in [-0.1, -0.05) is 23.7 Å². The number of benzene rings is 2. The van der Waals surface area contributed by atoms with E-state index < -0.39 is 29.1 Å². The minimum atomic E-state index is -0.704. The minimum absolute atomic E-state index is 0.214. The molecular formula is C21H21ClFN3O3. The number of halogens is 2. The standard InChI is InChI=1S/C21H21ClFN3O3/c1-12(24-20(28)29-21(2,3)4)18-25-16-10-6-9-15(22)17(16)19(27)26(18)14-8-5-7-13(23)11-14/h5-12H,1-4H3,(H,24,28)/t12-/m0/s1. The molecule has 0 fully saturated rings. The van der Waals surface area contributed by atoms with E-state index in [2.05, 4.69) is 10.3 Å². The molecule has 0 aliphatic heterocycles. The van der Waals surface area contributed by atoms with Crippen LogP contribution in [0.5, 0.6) is 0 Å². The molecule has 6 nitrogen and oxygen atoms in total. The average molecular weight is 418 g/mol. The molecule has 3 rings (SSSR count). The first-order valence-electron chi connectivity index (χ1n) is 9.03. The van der Waals surface area contributed by atoms with Crippen molar-refractivity contribution in [3.8, 4) is 5.69 Å². The fourth-order valence-corrected chi connectivity index (χ4v) is 3.16. The number of hydrogen-bond donors (Lipinski definition) is 1. The molecular weight excluding hydrogens is 397 g/mol. The Morgan fingerprint density at radius 1 is 1.24 bits per heavy atom. The van der Waals surface area contributed by atoms with Crippen molar-refractivity contribution in [2.45, 2.75) is 39.3 Å². The molecule has 0 radical (unpaired) electrons. The van der Waals surface area contributed by atoms with Crippen LogP contribution in [-0.2, 0) is 4.74 Å². The summed E-state index contributed by atoms with van der Waals surface area (Å²) >= 11 is 6.22. The van der Waals surface area contributed by atoms with E-state index in [9.17, 15) is 14.0 Å². The molecule has 2 aromatic carbocycles. The number of carbonyl (C=O) groups excluding carboxylic acids is 1. The van der Waals surface area contributed by atoms with Crippen LogP contribution in [0.2, 0.25) is 5.02 Å². The molecule has 0 unspecified atom stereocenters. The first-order chi connectivity index (χ1) is 13.6. The third kappa shape index (κ3) is 4.56. The molecule has 0 aliphatic rings. The maximum atomic E-state index is 13.9. The van der Waals surface area contributed by atoms with E-state index in [0.717, 1.165) is 0 Å².